The van der Waals surface area contributed by atoms with Crippen LogP contribution in [0.25, 0.3) is 0 Å². The Morgan fingerprint density at radius 3 is 2.45 bits per heavy atom. The molecule has 1 aliphatic rings. The van der Waals surface area contributed by atoms with Gasteiger partial charge >= 0.3 is 0 Å². The minimum absolute atomic E-state index is 0.0577. The molecule has 1 heterocycles. The number of hydrogen-bond donors (Lipinski definition) is 1. The van der Waals surface area contributed by atoms with Crippen molar-refractivity contribution in [2.45, 2.75) is 39.7 Å². The van der Waals surface area contributed by atoms with E-state index in [4.69, 9.17) is 0 Å². The van der Waals surface area contributed by atoms with Gasteiger partial charge < -0.3 is 5.32 Å². The molecule has 5 nitrogen and oxygen atoms in total. The van der Waals surface area contributed by atoms with Crippen molar-refractivity contribution in [2.75, 3.05) is 16.6 Å². The number of sulfonamides is 1. The van der Waals surface area contributed by atoms with Gasteiger partial charge in [-0.3, -0.25) is 9.10 Å². The molecular weight excluding hydrogens is 391 g/mol. The number of amides is 1. The van der Waals surface area contributed by atoms with Crippen molar-refractivity contribution >= 4 is 21.6 Å². The molecule has 156 valence electrons. The Kier molecular flexibility index (Phi) is 5.98. The monoisotopic (exact) mass is 418 g/mol. The fourth-order valence-corrected chi connectivity index (χ4v) is 5.09. The first-order chi connectivity index (χ1) is 13.5. The predicted molar refractivity (Wildman–Crippen MR) is 113 cm³/mol. The average molecular weight is 419 g/mol. The van der Waals surface area contributed by atoms with E-state index < -0.39 is 10.0 Å². The lowest BCUT2D eigenvalue weighted by Crippen LogP contribution is -2.31. The van der Waals surface area contributed by atoms with Gasteiger partial charge in [0.1, 0.15) is 5.82 Å². The van der Waals surface area contributed by atoms with Gasteiger partial charge in [0.25, 0.3) is 5.91 Å². The van der Waals surface area contributed by atoms with Crippen molar-refractivity contribution in [3.8, 4) is 0 Å². The Labute approximate surface area is 172 Å². The average Bonchev–Trinajstić information content (AvgIpc) is 3.00. The number of carbonyl (C=O) groups excluding carboxylic acids is 1. The van der Waals surface area contributed by atoms with Crippen molar-refractivity contribution in [2.24, 2.45) is 5.41 Å². The summed E-state index contributed by atoms with van der Waals surface area (Å²) in [6, 6.07) is 12.5. The molecule has 0 radical (unpaired) electrons. The van der Waals surface area contributed by atoms with E-state index in [1.807, 2.05) is 0 Å². The van der Waals surface area contributed by atoms with E-state index in [1.54, 1.807) is 36.4 Å². The number of nitrogens with one attached hydrogen (secondary N) is 1. The largest absolute Gasteiger partial charge is 0.345 e. The summed E-state index contributed by atoms with van der Waals surface area (Å²) >= 11 is 0. The minimum Gasteiger partial charge on any atom is -0.345 e. The SMILES string of the molecule is CC(C)(C)CC(NC(=O)c1cccc(N2CCCS2(=O)=O)c1)c1ccc(F)cc1. The third-order valence-corrected chi connectivity index (χ3v) is 6.76. The molecule has 3 rings (SSSR count). The summed E-state index contributed by atoms with van der Waals surface area (Å²) in [5, 5.41) is 3.03. The maximum Gasteiger partial charge on any atom is 0.251 e. The maximum absolute atomic E-state index is 13.3. The van der Waals surface area contributed by atoms with Crippen molar-refractivity contribution in [3.63, 3.8) is 0 Å². The molecule has 2 aromatic carbocycles. The molecule has 7 heteroatoms. The Bertz CT molecular complexity index is 982. The molecule has 1 aliphatic heterocycles. The van der Waals surface area contributed by atoms with Crippen LogP contribution in [0.4, 0.5) is 10.1 Å². The number of halogens is 1. The zero-order valence-corrected chi connectivity index (χ0v) is 17.8. The van der Waals surface area contributed by atoms with Gasteiger partial charge in [0.15, 0.2) is 0 Å². The number of carbonyl (C=O) groups is 1. The van der Waals surface area contributed by atoms with Gasteiger partial charge in [-0.15, -0.1) is 0 Å². The van der Waals surface area contributed by atoms with Crippen molar-refractivity contribution in [3.05, 3.63) is 65.5 Å². The van der Waals surface area contributed by atoms with Crippen LogP contribution in [0.5, 0.6) is 0 Å². The lowest BCUT2D eigenvalue weighted by molar-refractivity contribution is 0.0926. The minimum atomic E-state index is -3.31. The van der Waals surface area contributed by atoms with Gasteiger partial charge in [0.05, 0.1) is 17.5 Å². The van der Waals surface area contributed by atoms with Crippen LogP contribution in [0, 0.1) is 11.2 Å². The van der Waals surface area contributed by atoms with Crippen LogP contribution in [0.3, 0.4) is 0 Å². The normalized spacial score (nSPS) is 17.2. The fraction of sp³-hybridized carbons (Fsp3) is 0.409. The highest BCUT2D eigenvalue weighted by atomic mass is 32.2. The van der Waals surface area contributed by atoms with E-state index in [1.165, 1.54) is 16.4 Å². The third kappa shape index (κ3) is 5.35. The second kappa shape index (κ2) is 8.14. The van der Waals surface area contributed by atoms with E-state index in [9.17, 15) is 17.6 Å². The summed E-state index contributed by atoms with van der Waals surface area (Å²) in [5.41, 5.74) is 1.67. The molecule has 29 heavy (non-hydrogen) atoms. The summed E-state index contributed by atoms with van der Waals surface area (Å²) in [6.07, 6.45) is 1.25. The number of nitrogens with zero attached hydrogens (tertiary/aromatic N) is 1. The number of hydrogen-bond acceptors (Lipinski definition) is 3. The fourth-order valence-electron chi connectivity index (χ4n) is 3.53. The Hall–Kier alpha value is -2.41. The maximum atomic E-state index is 13.3. The molecule has 1 amide bonds. The smallest absolute Gasteiger partial charge is 0.251 e. The number of rotatable bonds is 5. The molecule has 0 spiro atoms. The molecule has 1 unspecified atom stereocenters. The molecule has 1 atom stereocenters. The van der Waals surface area contributed by atoms with E-state index >= 15 is 0 Å². The first kappa shape index (κ1) is 21.3. The first-order valence-electron chi connectivity index (χ1n) is 9.72. The highest BCUT2D eigenvalue weighted by molar-refractivity contribution is 7.93. The van der Waals surface area contributed by atoms with Crippen molar-refractivity contribution in [1.29, 1.82) is 0 Å². The topological polar surface area (TPSA) is 66.5 Å². The molecule has 1 saturated heterocycles. The van der Waals surface area contributed by atoms with Crippen molar-refractivity contribution in [1.82, 2.24) is 5.32 Å². The van der Waals surface area contributed by atoms with Crippen LogP contribution in [-0.2, 0) is 10.0 Å². The van der Waals surface area contributed by atoms with Gasteiger partial charge in [0.2, 0.25) is 10.0 Å². The second-order valence-electron chi connectivity index (χ2n) is 8.63. The van der Waals surface area contributed by atoms with E-state index in [0.717, 1.165) is 5.56 Å². The summed E-state index contributed by atoms with van der Waals surface area (Å²) in [5.74, 6) is -0.488. The molecule has 2 aromatic rings. The zero-order valence-electron chi connectivity index (χ0n) is 17.0. The molecule has 0 saturated carbocycles. The highest BCUT2D eigenvalue weighted by Crippen LogP contribution is 2.30. The molecular formula is C22H27FN2O3S. The van der Waals surface area contributed by atoms with E-state index in [-0.39, 0.29) is 28.9 Å². The van der Waals surface area contributed by atoms with Crippen LogP contribution in [0.2, 0.25) is 0 Å². The van der Waals surface area contributed by atoms with Gasteiger partial charge in [-0.05, 0) is 54.2 Å². The van der Waals surface area contributed by atoms with E-state index in [0.29, 0.717) is 30.6 Å². The van der Waals surface area contributed by atoms with Gasteiger partial charge in [-0.25, -0.2) is 12.8 Å². The Balaban J connectivity index is 1.84. The first-order valence-corrected chi connectivity index (χ1v) is 11.3. The zero-order chi connectivity index (χ0) is 21.2. The van der Waals surface area contributed by atoms with E-state index in [2.05, 4.69) is 26.1 Å². The quantitative estimate of drug-likeness (QED) is 0.788. The molecule has 0 bridgehead atoms. The molecule has 1 fully saturated rings. The van der Waals surface area contributed by atoms with Crippen LogP contribution in [0.15, 0.2) is 48.5 Å². The van der Waals surface area contributed by atoms with Crippen LogP contribution >= 0.6 is 0 Å². The number of benzene rings is 2. The summed E-state index contributed by atoms with van der Waals surface area (Å²) in [7, 11) is -3.31. The van der Waals surface area contributed by atoms with Crippen LogP contribution in [0.1, 0.15) is 55.6 Å². The Morgan fingerprint density at radius 1 is 1.17 bits per heavy atom. The predicted octanol–water partition coefficient (Wildman–Crippen LogP) is 4.27. The lowest BCUT2D eigenvalue weighted by atomic mass is 9.85. The van der Waals surface area contributed by atoms with Crippen LogP contribution in [-0.4, -0.2) is 26.6 Å². The third-order valence-electron chi connectivity index (χ3n) is 4.89. The van der Waals surface area contributed by atoms with Crippen molar-refractivity contribution < 1.29 is 17.6 Å². The second-order valence-corrected chi connectivity index (χ2v) is 10.6. The summed E-state index contributed by atoms with van der Waals surface area (Å²) in [4.78, 5) is 13.0. The highest BCUT2D eigenvalue weighted by Gasteiger charge is 2.29. The number of anilines is 1. The molecule has 0 aliphatic carbocycles. The van der Waals surface area contributed by atoms with Gasteiger partial charge in [0, 0.05) is 12.1 Å². The van der Waals surface area contributed by atoms with Gasteiger partial charge in [-0.1, -0.05) is 39.0 Å². The van der Waals surface area contributed by atoms with Gasteiger partial charge in [-0.2, -0.15) is 0 Å². The molecule has 0 aromatic heterocycles. The molecule has 1 N–H and O–H groups in total. The lowest BCUT2D eigenvalue weighted by Gasteiger charge is -2.27. The standard InChI is InChI=1S/C22H27FN2O3S/c1-22(2,3)15-20(16-8-10-18(23)11-9-16)24-21(26)17-6-4-7-19(14-17)25-12-5-13-29(25,27)28/h4,6-11,14,20H,5,12-13,15H2,1-3H3,(H,24,26). The Morgan fingerprint density at radius 2 is 1.86 bits per heavy atom. The summed E-state index contributed by atoms with van der Waals surface area (Å²) in [6.45, 7) is 6.66. The summed E-state index contributed by atoms with van der Waals surface area (Å²) < 4.78 is 39.1. The van der Waals surface area contributed by atoms with Crippen LogP contribution < -0.4 is 9.62 Å².